The molecule has 10 heteroatoms. The van der Waals surface area contributed by atoms with Gasteiger partial charge in [-0.1, -0.05) is 23.7 Å². The first-order valence-corrected chi connectivity index (χ1v) is 8.81. The zero-order chi connectivity index (χ0) is 19.8. The van der Waals surface area contributed by atoms with Crippen LogP contribution < -0.4 is 11.2 Å². The molecule has 8 nitrogen and oxygen atoms in total. The average molecular weight is 401 g/mol. The summed E-state index contributed by atoms with van der Waals surface area (Å²) in [5, 5.41) is 0.216. The fourth-order valence-electron chi connectivity index (χ4n) is 3.02. The van der Waals surface area contributed by atoms with Crippen molar-refractivity contribution < 1.29 is 4.39 Å². The number of benzene rings is 1. The summed E-state index contributed by atoms with van der Waals surface area (Å²) in [6.45, 7) is 2.33. The number of hydrogen-bond donors (Lipinski definition) is 1. The standard InChI is InChI=1S/C18H14ClFN6O2/c1-2-25-16-14(17(27)24-18(25)28)26(9-10-3-5-11(20)6-4-10)15(23-16)12-7-22-13(19)8-21-12/h3-8H,2,9H2,1H3,(H,24,27,28). The average Bonchev–Trinajstić information content (AvgIpc) is 3.04. The molecule has 0 bridgehead atoms. The van der Waals surface area contributed by atoms with Crippen LogP contribution in [0.1, 0.15) is 12.5 Å². The molecule has 0 atom stereocenters. The molecule has 1 aromatic carbocycles. The van der Waals surface area contributed by atoms with Gasteiger partial charge >= 0.3 is 5.69 Å². The fraction of sp³-hybridized carbons (Fsp3) is 0.167. The van der Waals surface area contributed by atoms with Gasteiger partial charge in [-0.3, -0.25) is 14.3 Å². The maximum atomic E-state index is 13.3. The molecule has 0 unspecified atom stereocenters. The van der Waals surface area contributed by atoms with Crippen molar-refractivity contribution in [2.24, 2.45) is 0 Å². The van der Waals surface area contributed by atoms with Gasteiger partial charge in [-0.15, -0.1) is 0 Å². The van der Waals surface area contributed by atoms with E-state index in [0.717, 1.165) is 5.56 Å². The van der Waals surface area contributed by atoms with E-state index in [-0.39, 0.29) is 28.7 Å². The van der Waals surface area contributed by atoms with Crippen LogP contribution in [0.15, 0.2) is 46.2 Å². The molecule has 0 amide bonds. The van der Waals surface area contributed by atoms with E-state index in [1.807, 2.05) is 0 Å². The smallest absolute Gasteiger partial charge is 0.312 e. The summed E-state index contributed by atoms with van der Waals surface area (Å²) in [5.41, 5.74) is 0.491. The Bertz CT molecular complexity index is 1280. The van der Waals surface area contributed by atoms with E-state index in [1.54, 1.807) is 23.6 Å². The maximum absolute atomic E-state index is 13.3. The molecule has 0 aliphatic rings. The van der Waals surface area contributed by atoms with Gasteiger partial charge in [-0.2, -0.15) is 0 Å². The topological polar surface area (TPSA) is 98.5 Å². The molecule has 4 rings (SSSR count). The molecule has 0 aliphatic heterocycles. The van der Waals surface area contributed by atoms with Gasteiger partial charge in [0, 0.05) is 13.1 Å². The van der Waals surface area contributed by atoms with Gasteiger partial charge < -0.3 is 4.57 Å². The number of imidazole rings is 1. The highest BCUT2D eigenvalue weighted by Crippen LogP contribution is 2.22. The third kappa shape index (κ3) is 3.09. The first-order chi connectivity index (χ1) is 13.5. The minimum atomic E-state index is -0.563. The van der Waals surface area contributed by atoms with E-state index >= 15 is 0 Å². The number of H-pyrrole nitrogens is 1. The number of rotatable bonds is 4. The van der Waals surface area contributed by atoms with Gasteiger partial charge in [0.2, 0.25) is 0 Å². The lowest BCUT2D eigenvalue weighted by Crippen LogP contribution is -2.30. The van der Waals surface area contributed by atoms with E-state index in [0.29, 0.717) is 18.1 Å². The van der Waals surface area contributed by atoms with Gasteiger partial charge in [0.15, 0.2) is 17.0 Å². The lowest BCUT2D eigenvalue weighted by Gasteiger charge is -2.09. The summed E-state index contributed by atoms with van der Waals surface area (Å²) in [6.07, 6.45) is 2.81. The summed E-state index contributed by atoms with van der Waals surface area (Å²) in [7, 11) is 0. The molecule has 0 saturated heterocycles. The number of halogens is 2. The third-order valence-corrected chi connectivity index (χ3v) is 4.50. The lowest BCUT2D eigenvalue weighted by molar-refractivity contribution is 0.626. The molecular weight excluding hydrogens is 387 g/mol. The van der Waals surface area contributed by atoms with Crippen LogP contribution in [-0.2, 0) is 13.1 Å². The number of aromatic nitrogens is 6. The predicted octanol–water partition coefficient (Wildman–Crippen LogP) is 2.20. The predicted molar refractivity (Wildman–Crippen MR) is 102 cm³/mol. The molecular formula is C18H14ClFN6O2. The Kier molecular flexibility index (Phi) is 4.52. The molecule has 3 aromatic heterocycles. The number of aryl methyl sites for hydroxylation is 1. The Morgan fingerprint density at radius 3 is 2.50 bits per heavy atom. The monoisotopic (exact) mass is 400 g/mol. The van der Waals surface area contributed by atoms with Gasteiger partial charge in [-0.25, -0.2) is 24.1 Å². The van der Waals surface area contributed by atoms with Crippen molar-refractivity contribution in [3.05, 3.63) is 74.0 Å². The highest BCUT2D eigenvalue weighted by atomic mass is 35.5. The molecule has 28 heavy (non-hydrogen) atoms. The summed E-state index contributed by atoms with van der Waals surface area (Å²) < 4.78 is 16.3. The van der Waals surface area contributed by atoms with E-state index in [4.69, 9.17) is 11.6 Å². The minimum Gasteiger partial charge on any atom is -0.312 e. The molecule has 0 spiro atoms. The maximum Gasteiger partial charge on any atom is 0.330 e. The molecule has 0 aliphatic carbocycles. The number of aromatic amines is 1. The van der Waals surface area contributed by atoms with Crippen LogP contribution in [0.2, 0.25) is 5.15 Å². The lowest BCUT2D eigenvalue weighted by atomic mass is 10.2. The first-order valence-electron chi connectivity index (χ1n) is 8.43. The number of hydrogen-bond acceptors (Lipinski definition) is 5. The fourth-order valence-corrected chi connectivity index (χ4v) is 3.11. The second-order valence-corrected chi connectivity index (χ2v) is 6.44. The van der Waals surface area contributed by atoms with Crippen molar-refractivity contribution in [3.8, 4) is 11.5 Å². The van der Waals surface area contributed by atoms with Crippen LogP contribution >= 0.6 is 11.6 Å². The highest BCUT2D eigenvalue weighted by Gasteiger charge is 2.20. The van der Waals surface area contributed by atoms with Crippen LogP contribution in [0.3, 0.4) is 0 Å². The largest absolute Gasteiger partial charge is 0.330 e. The molecule has 3 heterocycles. The first kappa shape index (κ1) is 18.1. The van der Waals surface area contributed by atoms with Gasteiger partial charge in [0.05, 0.1) is 12.4 Å². The molecule has 1 N–H and O–H groups in total. The van der Waals surface area contributed by atoms with Crippen molar-refractivity contribution in [2.75, 3.05) is 0 Å². The second-order valence-electron chi connectivity index (χ2n) is 6.05. The van der Waals surface area contributed by atoms with E-state index in [9.17, 15) is 14.0 Å². The van der Waals surface area contributed by atoms with Gasteiger partial charge in [-0.05, 0) is 24.6 Å². The van der Waals surface area contributed by atoms with E-state index in [1.165, 1.54) is 29.1 Å². The van der Waals surface area contributed by atoms with Crippen LogP contribution in [0.5, 0.6) is 0 Å². The van der Waals surface area contributed by atoms with Crippen molar-refractivity contribution in [3.63, 3.8) is 0 Å². The quantitative estimate of drug-likeness (QED) is 0.566. The Balaban J connectivity index is 2.02. The van der Waals surface area contributed by atoms with Crippen molar-refractivity contribution >= 4 is 22.8 Å². The van der Waals surface area contributed by atoms with Crippen LogP contribution in [0.25, 0.3) is 22.7 Å². The van der Waals surface area contributed by atoms with E-state index in [2.05, 4.69) is 19.9 Å². The van der Waals surface area contributed by atoms with Crippen LogP contribution in [0, 0.1) is 5.82 Å². The van der Waals surface area contributed by atoms with Crippen molar-refractivity contribution in [2.45, 2.75) is 20.0 Å². The van der Waals surface area contributed by atoms with Crippen LogP contribution in [0.4, 0.5) is 4.39 Å². The highest BCUT2D eigenvalue weighted by molar-refractivity contribution is 6.29. The zero-order valence-electron chi connectivity index (χ0n) is 14.7. The third-order valence-electron chi connectivity index (χ3n) is 4.31. The van der Waals surface area contributed by atoms with E-state index < -0.39 is 11.2 Å². The molecule has 0 saturated carbocycles. The summed E-state index contributed by atoms with van der Waals surface area (Å²) in [4.78, 5) is 39.8. The SMILES string of the molecule is CCn1c(=O)[nH]c(=O)c2c1nc(-c1cnc(Cl)cn1)n2Cc1ccc(F)cc1. The second kappa shape index (κ2) is 7.01. The summed E-state index contributed by atoms with van der Waals surface area (Å²) in [6, 6.07) is 5.90. The number of nitrogens with zero attached hydrogens (tertiary/aromatic N) is 5. The van der Waals surface area contributed by atoms with Gasteiger partial charge in [0.1, 0.15) is 16.7 Å². The minimum absolute atomic E-state index is 0.216. The van der Waals surface area contributed by atoms with Crippen molar-refractivity contribution in [1.82, 2.24) is 29.1 Å². The summed E-state index contributed by atoms with van der Waals surface area (Å²) >= 11 is 5.82. The molecule has 4 aromatic rings. The Morgan fingerprint density at radius 2 is 1.86 bits per heavy atom. The molecule has 142 valence electrons. The number of nitrogens with one attached hydrogen (secondary N) is 1. The number of fused-ring (bicyclic) bond motifs is 1. The van der Waals surface area contributed by atoms with Crippen LogP contribution in [-0.4, -0.2) is 29.1 Å². The Morgan fingerprint density at radius 1 is 1.11 bits per heavy atom. The zero-order valence-corrected chi connectivity index (χ0v) is 15.4. The van der Waals surface area contributed by atoms with Gasteiger partial charge in [0.25, 0.3) is 5.56 Å². The normalized spacial score (nSPS) is 11.2. The Labute approximate surface area is 162 Å². The Hall–Kier alpha value is -3.33. The molecule has 0 fully saturated rings. The van der Waals surface area contributed by atoms with Crippen molar-refractivity contribution in [1.29, 1.82) is 0 Å². The summed E-state index contributed by atoms with van der Waals surface area (Å²) in [5.74, 6) is -0.0116. The molecule has 0 radical (unpaired) electrons.